The van der Waals surface area contributed by atoms with Gasteiger partial charge in [0.25, 0.3) is 0 Å². The van der Waals surface area contributed by atoms with E-state index in [1.54, 1.807) is 0 Å². The average Bonchev–Trinajstić information content (AvgIpc) is 1.63. The van der Waals surface area contributed by atoms with Gasteiger partial charge < -0.3 is 0 Å². The summed E-state index contributed by atoms with van der Waals surface area (Å²) in [6.07, 6.45) is -5.28. The van der Waals surface area contributed by atoms with Crippen molar-refractivity contribution in [2.45, 2.75) is 25.7 Å². The van der Waals surface area contributed by atoms with Crippen LogP contribution in [0, 0.1) is 6.43 Å². The van der Waals surface area contributed by atoms with E-state index in [2.05, 4.69) is 0 Å². The Morgan fingerprint density at radius 2 is 1.78 bits per heavy atom. The molecular weight excluding hydrogens is 136 g/mol. The number of alkyl halides is 2. The van der Waals surface area contributed by atoms with Gasteiger partial charge in [0.1, 0.15) is 0 Å². The van der Waals surface area contributed by atoms with Gasteiger partial charge in [0.15, 0.2) is 0 Å². The summed E-state index contributed by atoms with van der Waals surface area (Å²) in [7, 11) is 0. The number of hydrogen-bond donors (Lipinski definition) is 0. The fourth-order valence-corrected chi connectivity index (χ4v) is 0.390. The first-order valence-corrected chi connectivity index (χ1v) is 2.58. The molecular formula is C5H7F4. The van der Waals surface area contributed by atoms with Gasteiger partial charge >= 0.3 is 6.43 Å². The second-order valence-electron chi connectivity index (χ2n) is 1.62. The molecule has 0 aromatic heterocycles. The molecule has 4 heteroatoms. The summed E-state index contributed by atoms with van der Waals surface area (Å²) in [5, 5.41) is 0. The van der Waals surface area contributed by atoms with Crippen molar-refractivity contribution >= 4 is 0 Å². The summed E-state index contributed by atoms with van der Waals surface area (Å²) < 4.78 is 44.8. The quantitative estimate of drug-likeness (QED) is 0.531. The highest BCUT2D eigenvalue weighted by atomic mass is 19.3. The fourth-order valence-electron chi connectivity index (χ4n) is 0.390. The van der Waals surface area contributed by atoms with E-state index in [0.29, 0.717) is 0 Å². The van der Waals surface area contributed by atoms with Crippen LogP contribution in [-0.4, -0.2) is 6.43 Å². The van der Waals surface area contributed by atoms with Crippen LogP contribution in [-0.2, 0) is 0 Å². The van der Waals surface area contributed by atoms with Gasteiger partial charge in [-0.15, -0.1) is 0 Å². The standard InChI is InChI=1S/C5H7F4/c6-4(7)2-1-3-5(8)9/h4H,1-3H2. The summed E-state index contributed by atoms with van der Waals surface area (Å²) in [4.78, 5) is 0. The van der Waals surface area contributed by atoms with E-state index in [4.69, 9.17) is 0 Å². The molecule has 0 aromatic rings. The molecule has 0 heterocycles. The maximum Gasteiger partial charge on any atom is 0.310 e. The second-order valence-corrected chi connectivity index (χ2v) is 1.62. The zero-order chi connectivity index (χ0) is 7.28. The lowest BCUT2D eigenvalue weighted by molar-refractivity contribution is 0.130. The molecule has 0 saturated carbocycles. The Labute approximate surface area is 50.9 Å². The smallest absolute Gasteiger partial charge is 0.211 e. The third-order valence-electron chi connectivity index (χ3n) is 0.788. The normalized spacial score (nSPS) is 11.3. The number of halogens is 4. The topological polar surface area (TPSA) is 0 Å². The molecule has 0 nitrogen and oxygen atoms in total. The highest BCUT2D eigenvalue weighted by Gasteiger charge is 2.07. The Morgan fingerprint density at radius 1 is 1.22 bits per heavy atom. The molecule has 0 aliphatic rings. The predicted molar refractivity (Wildman–Crippen MR) is 25.3 cm³/mol. The van der Waals surface area contributed by atoms with Gasteiger partial charge in [0, 0.05) is 12.8 Å². The zero-order valence-electron chi connectivity index (χ0n) is 4.71. The first kappa shape index (κ1) is 8.72. The molecule has 9 heavy (non-hydrogen) atoms. The van der Waals surface area contributed by atoms with E-state index in [1.807, 2.05) is 0 Å². The Hall–Kier alpha value is -0.280. The molecule has 0 rings (SSSR count). The van der Waals surface area contributed by atoms with E-state index in [-0.39, 0.29) is 6.42 Å². The number of rotatable bonds is 4. The minimum absolute atomic E-state index is 0.125. The molecule has 0 spiro atoms. The third-order valence-corrected chi connectivity index (χ3v) is 0.788. The minimum atomic E-state index is -2.45. The Balaban J connectivity index is 2.91. The van der Waals surface area contributed by atoms with Gasteiger partial charge in [-0.2, -0.15) is 8.78 Å². The molecule has 55 valence electrons. The lowest BCUT2D eigenvalue weighted by Gasteiger charge is -1.95. The van der Waals surface area contributed by atoms with Crippen LogP contribution in [0.3, 0.4) is 0 Å². The average molecular weight is 143 g/mol. The lowest BCUT2D eigenvalue weighted by Crippen LogP contribution is -1.90. The van der Waals surface area contributed by atoms with Crippen molar-refractivity contribution in [3.8, 4) is 0 Å². The molecule has 0 amide bonds. The van der Waals surface area contributed by atoms with Crippen molar-refractivity contribution in [1.29, 1.82) is 0 Å². The molecule has 0 atom stereocenters. The van der Waals surface area contributed by atoms with Gasteiger partial charge in [-0.25, -0.2) is 8.78 Å². The molecule has 0 bridgehead atoms. The second kappa shape index (κ2) is 4.58. The Kier molecular flexibility index (Phi) is 4.44. The summed E-state index contributed by atoms with van der Waals surface area (Å²) in [5.41, 5.74) is 0. The van der Waals surface area contributed by atoms with Crippen LogP contribution in [0.15, 0.2) is 0 Å². The van der Waals surface area contributed by atoms with Crippen LogP contribution in [0.4, 0.5) is 17.6 Å². The maximum absolute atomic E-state index is 11.2. The molecule has 0 aromatic carbocycles. The van der Waals surface area contributed by atoms with Crippen molar-refractivity contribution in [2.75, 3.05) is 0 Å². The van der Waals surface area contributed by atoms with Crippen LogP contribution < -0.4 is 0 Å². The Morgan fingerprint density at radius 3 is 2.11 bits per heavy atom. The molecule has 0 saturated heterocycles. The SMILES string of the molecule is F[C](F)CCCC(F)F. The monoisotopic (exact) mass is 143 g/mol. The summed E-state index contributed by atoms with van der Waals surface area (Å²) >= 11 is 0. The Bertz CT molecular complexity index is 54.0. The van der Waals surface area contributed by atoms with Crippen molar-refractivity contribution in [1.82, 2.24) is 0 Å². The van der Waals surface area contributed by atoms with Crippen LogP contribution in [0.1, 0.15) is 19.3 Å². The molecule has 0 unspecified atom stereocenters. The lowest BCUT2D eigenvalue weighted by atomic mass is 10.2. The summed E-state index contributed by atoms with van der Waals surface area (Å²) in [6, 6.07) is 0. The largest absolute Gasteiger partial charge is 0.310 e. The van der Waals surface area contributed by atoms with E-state index >= 15 is 0 Å². The number of hydrogen-bond acceptors (Lipinski definition) is 0. The van der Waals surface area contributed by atoms with Crippen molar-refractivity contribution in [2.24, 2.45) is 0 Å². The highest BCUT2D eigenvalue weighted by Crippen LogP contribution is 2.15. The van der Waals surface area contributed by atoms with Gasteiger partial charge in [-0.05, 0) is 6.42 Å². The van der Waals surface area contributed by atoms with Crippen LogP contribution in [0.2, 0.25) is 0 Å². The maximum atomic E-state index is 11.2. The predicted octanol–water partition coefficient (Wildman–Crippen LogP) is 2.85. The van der Waals surface area contributed by atoms with Gasteiger partial charge in [-0.3, -0.25) is 0 Å². The van der Waals surface area contributed by atoms with Gasteiger partial charge in [-0.1, -0.05) is 0 Å². The molecule has 0 aliphatic carbocycles. The first-order valence-electron chi connectivity index (χ1n) is 2.58. The van der Waals surface area contributed by atoms with Crippen LogP contribution in [0.5, 0.6) is 0 Å². The van der Waals surface area contributed by atoms with E-state index in [1.165, 1.54) is 0 Å². The zero-order valence-corrected chi connectivity index (χ0v) is 4.71. The van der Waals surface area contributed by atoms with Crippen molar-refractivity contribution in [3.05, 3.63) is 6.43 Å². The molecule has 0 aliphatic heterocycles. The minimum Gasteiger partial charge on any atom is -0.211 e. The van der Waals surface area contributed by atoms with E-state index in [0.717, 1.165) is 0 Å². The van der Waals surface area contributed by atoms with Crippen molar-refractivity contribution < 1.29 is 17.6 Å². The fraction of sp³-hybridized carbons (Fsp3) is 0.800. The highest BCUT2D eigenvalue weighted by molar-refractivity contribution is 4.58. The van der Waals surface area contributed by atoms with E-state index < -0.39 is 25.7 Å². The first-order chi connectivity index (χ1) is 4.13. The molecule has 0 fully saturated rings. The van der Waals surface area contributed by atoms with E-state index in [9.17, 15) is 17.6 Å². The molecule has 1 radical (unpaired) electrons. The van der Waals surface area contributed by atoms with Gasteiger partial charge in [0.05, 0.1) is 0 Å². The molecule has 0 N–H and O–H groups in total. The van der Waals surface area contributed by atoms with Crippen LogP contribution in [0.25, 0.3) is 0 Å². The van der Waals surface area contributed by atoms with Crippen molar-refractivity contribution in [3.63, 3.8) is 0 Å². The third kappa shape index (κ3) is 7.72. The summed E-state index contributed by atoms with van der Waals surface area (Å²) in [5.74, 6) is 0. The van der Waals surface area contributed by atoms with Gasteiger partial charge in [0.2, 0.25) is 6.43 Å². The summed E-state index contributed by atoms with van der Waals surface area (Å²) in [6.45, 7) is 0. The van der Waals surface area contributed by atoms with Crippen LogP contribution >= 0.6 is 0 Å².